The number of halogens is 4. The number of aryl methyl sites for hydroxylation is 1. The lowest BCUT2D eigenvalue weighted by Crippen LogP contribution is -2.53. The van der Waals surface area contributed by atoms with Gasteiger partial charge in [0.2, 0.25) is 5.95 Å². The van der Waals surface area contributed by atoms with Crippen LogP contribution in [0.15, 0.2) is 36.7 Å². The number of anilines is 2. The lowest BCUT2D eigenvalue weighted by molar-refractivity contribution is 0.0669. The van der Waals surface area contributed by atoms with Gasteiger partial charge in [0.25, 0.3) is 6.43 Å². The van der Waals surface area contributed by atoms with E-state index >= 15 is 4.39 Å². The van der Waals surface area contributed by atoms with E-state index in [1.165, 1.54) is 23.5 Å². The number of piperazine rings is 1. The van der Waals surface area contributed by atoms with Crippen LogP contribution < -0.4 is 5.32 Å². The number of alkyl halides is 2. The molecule has 8 nitrogen and oxygen atoms in total. The third-order valence-corrected chi connectivity index (χ3v) is 8.67. The minimum atomic E-state index is -2.62. The summed E-state index contributed by atoms with van der Waals surface area (Å²) in [7, 11) is 0. The highest BCUT2D eigenvalue weighted by molar-refractivity contribution is 5.83. The van der Waals surface area contributed by atoms with Gasteiger partial charge in [0.1, 0.15) is 22.9 Å². The Labute approximate surface area is 234 Å². The number of nitrogens with zero attached hydrogens (tertiary/aromatic N) is 7. The molecule has 3 aliphatic heterocycles. The van der Waals surface area contributed by atoms with Gasteiger partial charge in [-0.2, -0.15) is 0 Å². The molecule has 3 atom stereocenters. The van der Waals surface area contributed by atoms with Crippen molar-refractivity contribution in [2.45, 2.75) is 63.7 Å². The van der Waals surface area contributed by atoms with Crippen LogP contribution in [0, 0.1) is 11.6 Å². The van der Waals surface area contributed by atoms with E-state index in [1.807, 2.05) is 18.3 Å². The first-order valence-electron chi connectivity index (χ1n) is 14.1. The van der Waals surface area contributed by atoms with Crippen molar-refractivity contribution in [3.63, 3.8) is 0 Å². The monoisotopic (exact) mass is 566 g/mol. The number of likely N-dealkylation sites (N-methyl/N-ethyl adjacent to an activating group) is 1. The van der Waals surface area contributed by atoms with E-state index in [2.05, 4.69) is 42.0 Å². The van der Waals surface area contributed by atoms with Gasteiger partial charge in [0, 0.05) is 49.9 Å². The van der Waals surface area contributed by atoms with Crippen molar-refractivity contribution >= 4 is 22.8 Å². The Morgan fingerprint density at radius 2 is 1.78 bits per heavy atom. The summed E-state index contributed by atoms with van der Waals surface area (Å²) in [6.45, 7) is 6.29. The Morgan fingerprint density at radius 3 is 2.49 bits per heavy atom. The molecule has 214 valence electrons. The summed E-state index contributed by atoms with van der Waals surface area (Å²) in [6, 6.07) is 6.57. The van der Waals surface area contributed by atoms with Crippen molar-refractivity contribution in [3.05, 3.63) is 59.7 Å². The third-order valence-electron chi connectivity index (χ3n) is 8.67. The van der Waals surface area contributed by atoms with Crippen molar-refractivity contribution in [3.8, 4) is 11.3 Å². The van der Waals surface area contributed by atoms with E-state index in [9.17, 15) is 13.2 Å². The highest BCUT2D eigenvalue weighted by atomic mass is 19.3. The molecular weight excluding hydrogens is 536 g/mol. The Bertz CT molecular complexity index is 1580. The maximum Gasteiger partial charge on any atom is 0.259 e. The van der Waals surface area contributed by atoms with Crippen LogP contribution in [0.25, 0.3) is 22.3 Å². The molecule has 3 aromatic heterocycles. The number of hydrogen-bond acceptors (Lipinski definition) is 7. The average Bonchev–Trinajstić information content (AvgIpc) is 3.61. The molecule has 6 heterocycles. The summed E-state index contributed by atoms with van der Waals surface area (Å²) >= 11 is 0. The van der Waals surface area contributed by atoms with E-state index in [4.69, 9.17) is 0 Å². The fourth-order valence-electron chi connectivity index (χ4n) is 6.85. The van der Waals surface area contributed by atoms with Crippen molar-refractivity contribution in [2.24, 2.45) is 0 Å². The van der Waals surface area contributed by atoms with E-state index in [0.717, 1.165) is 44.0 Å². The second kappa shape index (κ2) is 10.3. The molecule has 0 radical (unpaired) electrons. The van der Waals surface area contributed by atoms with E-state index in [1.54, 1.807) is 0 Å². The number of benzene rings is 1. The number of nitrogens with one attached hydrogen (secondary N) is 1. The van der Waals surface area contributed by atoms with Gasteiger partial charge < -0.3 is 9.88 Å². The second-order valence-corrected chi connectivity index (χ2v) is 11.1. The van der Waals surface area contributed by atoms with Crippen LogP contribution in [0.4, 0.5) is 29.3 Å². The molecule has 41 heavy (non-hydrogen) atoms. The molecule has 0 amide bonds. The molecule has 2 bridgehead atoms. The van der Waals surface area contributed by atoms with Crippen LogP contribution in [0.3, 0.4) is 0 Å². The molecular formula is C29H30F4N8. The van der Waals surface area contributed by atoms with Crippen LogP contribution in [-0.2, 0) is 13.0 Å². The lowest BCUT2D eigenvalue weighted by atomic mass is 10.1. The minimum Gasteiger partial charge on any atom is -0.319 e. The van der Waals surface area contributed by atoms with Gasteiger partial charge in [0.05, 0.1) is 17.8 Å². The number of hydrogen-bond donors (Lipinski definition) is 1. The molecule has 12 heteroatoms. The number of aromatic nitrogens is 5. The van der Waals surface area contributed by atoms with Gasteiger partial charge in [-0.25, -0.2) is 37.5 Å². The Balaban J connectivity index is 1.10. The van der Waals surface area contributed by atoms with Crippen LogP contribution in [-0.4, -0.2) is 72.4 Å². The molecule has 4 aromatic rings. The fourth-order valence-corrected chi connectivity index (χ4v) is 6.85. The number of imidazole rings is 1. The van der Waals surface area contributed by atoms with Gasteiger partial charge >= 0.3 is 0 Å². The van der Waals surface area contributed by atoms with Gasteiger partial charge in [-0.05, 0) is 49.6 Å². The molecule has 2 unspecified atom stereocenters. The van der Waals surface area contributed by atoms with Crippen molar-refractivity contribution in [2.75, 3.05) is 25.0 Å². The topological polar surface area (TPSA) is 75.0 Å². The molecule has 0 aliphatic carbocycles. The molecule has 0 spiro atoms. The first-order chi connectivity index (χ1) is 19.9. The summed E-state index contributed by atoms with van der Waals surface area (Å²) in [5.41, 5.74) is 1.25. The maximum absolute atomic E-state index is 15.0. The first kappa shape index (κ1) is 26.3. The smallest absolute Gasteiger partial charge is 0.259 e. The maximum atomic E-state index is 15.0. The van der Waals surface area contributed by atoms with Crippen LogP contribution in [0.2, 0.25) is 0 Å². The van der Waals surface area contributed by atoms with Gasteiger partial charge in [-0.15, -0.1) is 0 Å². The Morgan fingerprint density at radius 1 is 0.976 bits per heavy atom. The van der Waals surface area contributed by atoms with Gasteiger partial charge in [-0.1, -0.05) is 13.0 Å². The Kier molecular flexibility index (Phi) is 6.61. The summed E-state index contributed by atoms with van der Waals surface area (Å²) in [5, 5.41) is 2.99. The summed E-state index contributed by atoms with van der Waals surface area (Å²) in [5.74, 6) is -0.518. The molecule has 1 aromatic carbocycles. The fraction of sp³-hybridized carbons (Fsp3) is 0.448. The SMILES string of the molecule is CCN1C2CCC1CN(Cc1ccc(Nc3ncc(F)c(-c4cc(F)c5nc6n(c5c4)[C@H](C(F)F)CC6)n3)nc1)C2. The van der Waals surface area contributed by atoms with Crippen molar-refractivity contribution in [1.29, 1.82) is 0 Å². The molecule has 7 rings (SSSR count). The third kappa shape index (κ3) is 4.72. The predicted octanol–water partition coefficient (Wildman–Crippen LogP) is 5.33. The average molecular weight is 567 g/mol. The number of likely N-dealkylation sites (tertiary alicyclic amines) is 1. The zero-order valence-corrected chi connectivity index (χ0v) is 22.6. The standard InChI is InChI=1S/C29H30F4N8/c1-2-40-18-4-5-19(40)15-39(14-18)13-16-3-7-24(34-11-16)36-29-35-12-21(31)26(38-29)17-9-20(30)27-23(10-17)41-22(28(32)33)6-8-25(41)37-27/h3,7,9-12,18-19,22,28H,2,4-6,8,13-15H2,1H3,(H,34,35,36,38)/t18?,19?,22-/m0/s1. The molecule has 0 saturated carbocycles. The minimum absolute atomic E-state index is 0.00824. The summed E-state index contributed by atoms with van der Waals surface area (Å²) in [4.78, 5) is 22.1. The van der Waals surface area contributed by atoms with Crippen LogP contribution in [0.5, 0.6) is 0 Å². The van der Waals surface area contributed by atoms with Crippen LogP contribution in [0.1, 0.15) is 43.6 Å². The number of rotatable bonds is 7. The highest BCUT2D eigenvalue weighted by Crippen LogP contribution is 2.37. The zero-order chi connectivity index (χ0) is 28.2. The first-order valence-corrected chi connectivity index (χ1v) is 14.1. The lowest BCUT2D eigenvalue weighted by Gasteiger charge is -2.40. The number of fused-ring (bicyclic) bond motifs is 5. The summed E-state index contributed by atoms with van der Waals surface area (Å²) < 4.78 is 58.5. The number of pyridine rings is 1. The largest absolute Gasteiger partial charge is 0.319 e. The van der Waals surface area contributed by atoms with E-state index in [0.29, 0.717) is 30.1 Å². The van der Waals surface area contributed by atoms with E-state index in [-0.39, 0.29) is 34.7 Å². The van der Waals surface area contributed by atoms with Gasteiger partial charge in [0.15, 0.2) is 11.6 Å². The summed E-state index contributed by atoms with van der Waals surface area (Å²) in [6.07, 6.45) is 3.26. The Hall–Kier alpha value is -3.64. The molecule has 1 N–H and O–H groups in total. The normalized spacial score (nSPS) is 22.6. The molecule has 2 saturated heterocycles. The van der Waals surface area contributed by atoms with Crippen LogP contribution >= 0.6 is 0 Å². The molecule has 3 aliphatic rings. The van der Waals surface area contributed by atoms with Crippen molar-refractivity contribution in [1.82, 2.24) is 34.3 Å². The molecule has 2 fully saturated rings. The van der Waals surface area contributed by atoms with E-state index < -0.39 is 24.1 Å². The second-order valence-electron chi connectivity index (χ2n) is 11.1. The predicted molar refractivity (Wildman–Crippen MR) is 146 cm³/mol. The van der Waals surface area contributed by atoms with Crippen molar-refractivity contribution < 1.29 is 17.6 Å². The van der Waals surface area contributed by atoms with Gasteiger partial charge in [-0.3, -0.25) is 9.80 Å². The highest BCUT2D eigenvalue weighted by Gasteiger charge is 2.38. The zero-order valence-electron chi connectivity index (χ0n) is 22.6. The quantitative estimate of drug-likeness (QED) is 0.303.